The second-order valence-electron chi connectivity index (χ2n) is 30.9. The van der Waals surface area contributed by atoms with Gasteiger partial charge >= 0.3 is 0 Å². The van der Waals surface area contributed by atoms with E-state index in [0.29, 0.717) is 165 Å². The number of carbonyl (C=O) groups excluding carboxylic acids is 8. The zero-order valence-electron chi connectivity index (χ0n) is 69.9. The molecule has 1 radical (unpaired) electrons. The van der Waals surface area contributed by atoms with Crippen molar-refractivity contribution < 1.29 is 107 Å². The van der Waals surface area contributed by atoms with E-state index in [-0.39, 0.29) is 125 Å². The van der Waals surface area contributed by atoms with Crippen molar-refractivity contribution in [3.05, 3.63) is 112 Å². The third kappa shape index (κ3) is 25.0. The number of anilines is 5. The van der Waals surface area contributed by atoms with E-state index in [0.717, 1.165) is 151 Å². The first kappa shape index (κ1) is 94.4. The second kappa shape index (κ2) is 46.7. The van der Waals surface area contributed by atoms with Crippen LogP contribution in [0.3, 0.4) is 0 Å². The van der Waals surface area contributed by atoms with Gasteiger partial charge in [-0.3, -0.25) is 87.3 Å². The van der Waals surface area contributed by atoms with E-state index in [9.17, 15) is 38.4 Å². The first-order valence-electron chi connectivity index (χ1n) is 41.9. The Morgan fingerprint density at radius 3 is 1.36 bits per heavy atom. The summed E-state index contributed by atoms with van der Waals surface area (Å²) in [4.78, 5) is 125. The van der Waals surface area contributed by atoms with E-state index >= 15 is 0 Å². The Kier molecular flexibility index (Phi) is 35.8. The topological polar surface area (TPSA) is 432 Å². The Labute approximate surface area is 782 Å². The summed E-state index contributed by atoms with van der Waals surface area (Å²) in [5, 5.41) is 32.5. The Balaban J connectivity index is 0.000000186. The van der Waals surface area contributed by atoms with Gasteiger partial charge in [0, 0.05) is 185 Å². The SMILES string of the molecule is Cn1ncc2nc(Cl)nc(NC3CCC(N4CCOCC4)CC3)c21.Cn1ncc2nc(Nc3cnn(CCOCCOCCOCCCc4cccc5c4C(=O)N(C4CCC(=O)NC4=O)C5=O)c3)nc(NC3CCC(N4CCOCC4)CC3)c21.Nc1cnn(CCOCCOCCOCCCc2cccc3c2C(=O)N(C2CCC(=O)NC2=O)C3=O)c1.[K].[U]. The molecule has 0 bridgehead atoms. The molecule has 0 spiro atoms. The van der Waals surface area contributed by atoms with Crippen LogP contribution in [0, 0.1) is 31.1 Å². The Bertz CT molecular complexity index is 4930. The van der Waals surface area contributed by atoms with Gasteiger partial charge in [0.25, 0.3) is 23.6 Å². The van der Waals surface area contributed by atoms with Gasteiger partial charge in [0.15, 0.2) is 11.6 Å². The summed E-state index contributed by atoms with van der Waals surface area (Å²) >= 11 is 6.06. The van der Waals surface area contributed by atoms with Crippen LogP contribution < -0.4 is 32.3 Å². The van der Waals surface area contributed by atoms with E-state index in [1.54, 1.807) is 69.3 Å². The van der Waals surface area contributed by atoms with Crippen LogP contribution in [0.2, 0.25) is 5.28 Å². The number of imide groups is 4. The van der Waals surface area contributed by atoms with Gasteiger partial charge in [-0.1, -0.05) is 24.3 Å². The molecule has 653 valence electrons. The Morgan fingerprint density at radius 2 is 0.911 bits per heavy atom. The average Bonchev–Trinajstić information content (AvgIpc) is 1.60. The number of nitrogens with two attached hydrogens (primary N) is 1. The molecule has 16 rings (SSSR count). The normalized spacial score (nSPS) is 20.6. The van der Waals surface area contributed by atoms with Gasteiger partial charge in [-0.2, -0.15) is 30.4 Å². The van der Waals surface area contributed by atoms with Crippen molar-refractivity contribution in [3.8, 4) is 0 Å². The molecule has 7 N–H and O–H groups in total. The number of ether oxygens (including phenoxy) is 8. The third-order valence-electron chi connectivity index (χ3n) is 22.9. The second-order valence-corrected chi connectivity index (χ2v) is 31.3. The molecule has 2 aromatic carbocycles. The molecule has 2 unspecified atom stereocenters. The monoisotopic (exact) mass is 1970 g/mol. The van der Waals surface area contributed by atoms with Crippen molar-refractivity contribution in [2.24, 2.45) is 14.1 Å². The summed E-state index contributed by atoms with van der Waals surface area (Å²) in [5.41, 5.74) is 13.0. The molecule has 41 heteroatoms. The van der Waals surface area contributed by atoms with E-state index in [4.69, 9.17) is 65.2 Å². The maximum atomic E-state index is 13.3. The van der Waals surface area contributed by atoms with Crippen LogP contribution in [0.4, 0.5) is 29.0 Å². The molecular formula is C82H107ClKN22O16U. The number of aromatic nitrogens is 12. The molecule has 2 aliphatic carbocycles. The Hall–Kier alpha value is -7.70. The summed E-state index contributed by atoms with van der Waals surface area (Å²) in [6.45, 7) is 14.1. The van der Waals surface area contributed by atoms with Crippen molar-refractivity contribution in [2.45, 2.75) is 152 Å². The predicted molar refractivity (Wildman–Crippen MR) is 447 cm³/mol. The van der Waals surface area contributed by atoms with Crippen LogP contribution in [0.25, 0.3) is 22.1 Å². The molecule has 8 amide bonds. The van der Waals surface area contributed by atoms with Crippen molar-refractivity contribution >= 4 is 161 Å². The smallest absolute Gasteiger partial charge is 0.262 e. The van der Waals surface area contributed by atoms with Gasteiger partial charge in [0.05, 0.1) is 164 Å². The minimum absolute atomic E-state index is 0. The van der Waals surface area contributed by atoms with Gasteiger partial charge in [0.1, 0.15) is 34.2 Å². The standard InChI is InChI=1S/C41H53N11O8.C25H31N5O7.C16H23ClN6O.K.U/c1-49-36-32(25-42-49)46-41(48-37(36)44-28-7-9-30(10-8-28)50-13-17-58-18-14-50)45-29-24-43-51(26-29)15-19-59-21-23-60-22-20-57-16-3-5-27-4-2-6-31-35(27)40(56)52(39(31)55)33-11-12-34(53)47-38(33)54;26-18-15-27-29(16-18)8-10-36-12-14-37-13-11-35-9-2-4-17-3-1-5-19-22(17)25(34)30(24(19)33)20-6-7-21(31)28-23(20)32;1-22-14-13(10-18-22)20-16(17)21-15(14)19-11-2-4-12(5-3-11)23-6-8-24-9-7-23;;/h2,4,6,24-26,28,30,33H,3,5,7-23H2,1H3,(H,47,53,54)(H2,44,45,46,48);1,3,5,15-16,20H,2,4,6-14,26H2,(H,28,31,32);10-12H,2-9H2,1H3,(H,19,20,21);;. The summed E-state index contributed by atoms with van der Waals surface area (Å²) in [6.07, 6.45) is 22.4. The fourth-order valence-corrected chi connectivity index (χ4v) is 16.9. The minimum Gasteiger partial charge on any atom is -0.396 e. The summed E-state index contributed by atoms with van der Waals surface area (Å²) in [6, 6.07) is 10.4. The molecule has 8 aromatic rings. The van der Waals surface area contributed by atoms with Gasteiger partial charge in [-0.25, -0.2) is 9.97 Å². The zero-order chi connectivity index (χ0) is 84.1. The Morgan fingerprint density at radius 1 is 0.488 bits per heavy atom. The fraction of sp³-hybridized carbons (Fsp3) is 0.561. The first-order chi connectivity index (χ1) is 59.0. The molecule has 8 aliphatic rings. The first-order valence-corrected chi connectivity index (χ1v) is 42.3. The predicted octanol–water partition coefficient (Wildman–Crippen LogP) is 4.68. The van der Waals surface area contributed by atoms with Gasteiger partial charge < -0.3 is 59.6 Å². The number of nitrogens with one attached hydrogen (secondary N) is 5. The van der Waals surface area contributed by atoms with Crippen molar-refractivity contribution in [1.29, 1.82) is 0 Å². The number of morpholine rings is 2. The number of hydrogen-bond donors (Lipinski definition) is 6. The molecular weight excluding hydrogens is 1860 g/mol. The van der Waals surface area contributed by atoms with Crippen LogP contribution in [-0.4, -0.2) is 345 Å². The molecule has 38 nitrogen and oxygen atoms in total. The van der Waals surface area contributed by atoms with Crippen LogP contribution in [0.1, 0.15) is 142 Å². The van der Waals surface area contributed by atoms with Gasteiger partial charge in [0.2, 0.25) is 34.9 Å². The largest absolute Gasteiger partial charge is 0.396 e. The van der Waals surface area contributed by atoms with E-state index < -0.39 is 59.3 Å². The number of hydrogen-bond acceptors (Lipinski definition) is 30. The van der Waals surface area contributed by atoms with Crippen molar-refractivity contribution in [3.63, 3.8) is 0 Å². The molecule has 2 atom stereocenters. The van der Waals surface area contributed by atoms with Crippen molar-refractivity contribution in [1.82, 2.24) is 89.3 Å². The molecule has 4 saturated heterocycles. The number of nitrogens with zero attached hydrogens (tertiary/aromatic N) is 16. The van der Waals surface area contributed by atoms with E-state index in [2.05, 4.69) is 66.7 Å². The summed E-state index contributed by atoms with van der Waals surface area (Å²) < 4.78 is 51.9. The summed E-state index contributed by atoms with van der Waals surface area (Å²) in [5.74, 6) is -1.99. The van der Waals surface area contributed by atoms with E-state index in [1.165, 1.54) is 12.8 Å². The molecule has 2 saturated carbocycles. The van der Waals surface area contributed by atoms with Crippen LogP contribution in [0.15, 0.2) is 73.6 Å². The number of aryl methyl sites for hydroxylation is 4. The van der Waals surface area contributed by atoms with Crippen LogP contribution in [-0.2, 0) is 97.1 Å². The number of benzene rings is 2. The number of halogens is 1. The summed E-state index contributed by atoms with van der Waals surface area (Å²) in [7, 11) is 3.81. The maximum Gasteiger partial charge on any atom is 0.262 e. The number of amides is 8. The van der Waals surface area contributed by atoms with Gasteiger partial charge in [-0.15, -0.1) is 0 Å². The molecule has 6 aromatic heterocycles. The fourth-order valence-electron chi connectivity index (χ4n) is 16.7. The molecule has 123 heavy (non-hydrogen) atoms. The molecule has 12 heterocycles. The van der Waals surface area contributed by atoms with E-state index in [1.807, 2.05) is 37.1 Å². The number of rotatable bonds is 36. The quantitative estimate of drug-likeness (QED) is 0.0134. The number of nitrogen functional groups attached to an aromatic ring is 1. The third-order valence-corrected chi connectivity index (χ3v) is 23.1. The number of piperidine rings is 2. The minimum atomic E-state index is -0.987. The molecule has 6 fully saturated rings. The molecule has 6 aliphatic heterocycles. The zero-order valence-corrected chi connectivity index (χ0v) is 77.9. The maximum absolute atomic E-state index is 13.3. The van der Waals surface area contributed by atoms with Crippen LogP contribution in [0.5, 0.6) is 0 Å². The number of fused-ring (bicyclic) bond motifs is 4. The van der Waals surface area contributed by atoms with Gasteiger partial charge in [-0.05, 0) is 125 Å². The van der Waals surface area contributed by atoms with Crippen LogP contribution >= 0.6 is 11.6 Å². The van der Waals surface area contributed by atoms with Crippen molar-refractivity contribution in [2.75, 3.05) is 154 Å². The average molecular weight is 1970 g/mol. The number of carbonyl (C=O) groups is 8.